The van der Waals surface area contributed by atoms with E-state index in [1.54, 1.807) is 25.3 Å². The zero-order chi connectivity index (χ0) is 18.8. The summed E-state index contributed by atoms with van der Waals surface area (Å²) in [6, 6.07) is 16.0. The Labute approximate surface area is 164 Å². The van der Waals surface area contributed by atoms with Crippen LogP contribution in [0.3, 0.4) is 0 Å². The number of nitrogens with zero attached hydrogens (tertiary/aromatic N) is 2. The molecule has 6 heteroatoms. The van der Waals surface area contributed by atoms with Gasteiger partial charge in [0.25, 0.3) is 5.91 Å². The second-order valence-electron chi connectivity index (χ2n) is 6.95. The molecule has 2 atom stereocenters. The first-order chi connectivity index (χ1) is 13.2. The molecule has 0 aliphatic carbocycles. The highest BCUT2D eigenvalue weighted by atomic mass is 35.5. The van der Waals surface area contributed by atoms with Gasteiger partial charge in [-0.15, -0.1) is 0 Å². The fourth-order valence-electron chi connectivity index (χ4n) is 4.00. The fourth-order valence-corrected chi connectivity index (χ4v) is 4.18. The van der Waals surface area contributed by atoms with Crippen LogP contribution in [0, 0.1) is 0 Å². The maximum atomic E-state index is 13.1. The van der Waals surface area contributed by atoms with Crippen molar-refractivity contribution in [3.63, 3.8) is 0 Å². The van der Waals surface area contributed by atoms with Crippen molar-refractivity contribution >= 4 is 17.5 Å². The molecule has 2 aromatic rings. The van der Waals surface area contributed by atoms with Gasteiger partial charge >= 0.3 is 0 Å². The molecule has 2 fully saturated rings. The van der Waals surface area contributed by atoms with Gasteiger partial charge < -0.3 is 14.4 Å². The minimum atomic E-state index is -0.0455. The molecule has 2 saturated heterocycles. The molecule has 2 aliphatic heterocycles. The minimum absolute atomic E-state index is 0.0455. The van der Waals surface area contributed by atoms with Crippen LogP contribution in [0.25, 0.3) is 0 Å². The highest BCUT2D eigenvalue weighted by molar-refractivity contribution is 6.31. The van der Waals surface area contributed by atoms with Gasteiger partial charge in [-0.25, -0.2) is 0 Å². The third-order valence-electron chi connectivity index (χ3n) is 5.38. The molecule has 0 bridgehead atoms. The van der Waals surface area contributed by atoms with Crippen molar-refractivity contribution < 1.29 is 14.3 Å². The fraction of sp³-hybridized carbons (Fsp3) is 0.381. The molecule has 0 saturated carbocycles. The molecule has 2 heterocycles. The molecule has 0 aromatic heterocycles. The average molecular weight is 387 g/mol. The summed E-state index contributed by atoms with van der Waals surface area (Å²) in [4.78, 5) is 17.4. The maximum Gasteiger partial charge on any atom is 0.257 e. The Morgan fingerprint density at radius 2 is 1.96 bits per heavy atom. The van der Waals surface area contributed by atoms with Gasteiger partial charge in [0, 0.05) is 24.7 Å². The smallest absolute Gasteiger partial charge is 0.257 e. The van der Waals surface area contributed by atoms with E-state index in [0.29, 0.717) is 42.6 Å². The topological polar surface area (TPSA) is 42.0 Å². The summed E-state index contributed by atoms with van der Waals surface area (Å²) in [5, 5.41) is 0.530. The molecule has 0 N–H and O–H groups in total. The lowest BCUT2D eigenvalue weighted by atomic mass is 10.00. The molecule has 0 radical (unpaired) electrons. The summed E-state index contributed by atoms with van der Waals surface area (Å²) in [6.07, 6.45) is 0. The van der Waals surface area contributed by atoms with E-state index in [4.69, 9.17) is 21.1 Å². The molecule has 5 nitrogen and oxygen atoms in total. The Kier molecular flexibility index (Phi) is 5.34. The highest BCUT2D eigenvalue weighted by Crippen LogP contribution is 2.31. The normalized spacial score (nSPS) is 23.0. The Bertz CT molecular complexity index is 814. The molecule has 27 heavy (non-hydrogen) atoms. The summed E-state index contributed by atoms with van der Waals surface area (Å²) < 4.78 is 11.2. The predicted octanol–water partition coefficient (Wildman–Crippen LogP) is 3.25. The van der Waals surface area contributed by atoms with Crippen molar-refractivity contribution in [3.8, 4) is 5.75 Å². The van der Waals surface area contributed by atoms with E-state index in [1.807, 2.05) is 11.0 Å². The highest BCUT2D eigenvalue weighted by Gasteiger charge is 2.38. The van der Waals surface area contributed by atoms with Crippen LogP contribution in [0.5, 0.6) is 5.75 Å². The van der Waals surface area contributed by atoms with Crippen molar-refractivity contribution in [2.45, 2.75) is 12.1 Å². The van der Waals surface area contributed by atoms with Crippen molar-refractivity contribution in [1.82, 2.24) is 9.80 Å². The molecule has 1 amide bonds. The molecule has 4 rings (SSSR count). The van der Waals surface area contributed by atoms with Crippen LogP contribution >= 0.6 is 11.6 Å². The number of benzene rings is 2. The van der Waals surface area contributed by atoms with Crippen molar-refractivity contribution in [2.24, 2.45) is 0 Å². The predicted molar refractivity (Wildman–Crippen MR) is 104 cm³/mol. The van der Waals surface area contributed by atoms with Gasteiger partial charge in [-0.3, -0.25) is 9.69 Å². The second-order valence-corrected chi connectivity index (χ2v) is 7.39. The average Bonchev–Trinajstić information content (AvgIpc) is 2.73. The van der Waals surface area contributed by atoms with E-state index in [9.17, 15) is 4.79 Å². The van der Waals surface area contributed by atoms with Gasteiger partial charge in [0.2, 0.25) is 0 Å². The maximum absolute atomic E-state index is 13.1. The number of piperazine rings is 1. The van der Waals surface area contributed by atoms with Gasteiger partial charge in [-0.05, 0) is 23.8 Å². The van der Waals surface area contributed by atoms with Crippen LogP contribution in [0.15, 0.2) is 48.5 Å². The van der Waals surface area contributed by atoms with Crippen LogP contribution in [0.4, 0.5) is 0 Å². The van der Waals surface area contributed by atoms with E-state index >= 15 is 0 Å². The summed E-state index contributed by atoms with van der Waals surface area (Å²) in [7, 11) is 1.57. The Hall–Kier alpha value is -2.08. The number of rotatable bonds is 3. The number of methoxy groups -OCH3 is 1. The summed E-state index contributed by atoms with van der Waals surface area (Å²) in [5.74, 6) is 0.504. The number of morpholine rings is 1. The Balaban J connectivity index is 1.52. The van der Waals surface area contributed by atoms with Crippen LogP contribution < -0.4 is 4.74 Å². The number of ether oxygens (including phenoxy) is 2. The van der Waals surface area contributed by atoms with E-state index in [-0.39, 0.29) is 18.0 Å². The van der Waals surface area contributed by atoms with E-state index in [1.165, 1.54) is 5.56 Å². The minimum Gasteiger partial charge on any atom is -0.496 e. The lowest BCUT2D eigenvalue weighted by molar-refractivity contribution is -0.0770. The SMILES string of the molecule is COc1ccc(Cl)cc1C(=O)N1CCN2[C@@H](COC[C@@H]2c2ccccc2)C1. The first kappa shape index (κ1) is 18.3. The zero-order valence-electron chi connectivity index (χ0n) is 15.3. The molecule has 142 valence electrons. The number of halogens is 1. The van der Waals surface area contributed by atoms with E-state index in [0.717, 1.165) is 6.54 Å². The van der Waals surface area contributed by atoms with Crippen molar-refractivity contribution in [3.05, 3.63) is 64.7 Å². The summed E-state index contributed by atoms with van der Waals surface area (Å²) in [6.45, 7) is 3.46. The summed E-state index contributed by atoms with van der Waals surface area (Å²) >= 11 is 6.10. The lowest BCUT2D eigenvalue weighted by Gasteiger charge is -2.48. The first-order valence-corrected chi connectivity index (χ1v) is 9.56. The second kappa shape index (κ2) is 7.89. The van der Waals surface area contributed by atoms with Crippen LogP contribution in [0.2, 0.25) is 5.02 Å². The van der Waals surface area contributed by atoms with Gasteiger partial charge in [-0.1, -0.05) is 41.9 Å². The zero-order valence-corrected chi connectivity index (χ0v) is 16.1. The number of hydrogen-bond acceptors (Lipinski definition) is 4. The molecule has 0 unspecified atom stereocenters. The van der Waals surface area contributed by atoms with Crippen molar-refractivity contribution in [1.29, 1.82) is 0 Å². The van der Waals surface area contributed by atoms with Crippen molar-refractivity contribution in [2.75, 3.05) is 40.0 Å². The standard InChI is InChI=1S/C21H23ClN2O3/c1-26-20-8-7-16(22)11-18(20)21(25)23-9-10-24-17(12-23)13-27-14-19(24)15-5-3-2-4-6-15/h2-8,11,17,19H,9-10,12-14H2,1H3/t17-,19-/m1/s1. The Morgan fingerprint density at radius 1 is 1.15 bits per heavy atom. The molecular formula is C21H23ClN2O3. The number of hydrogen-bond donors (Lipinski definition) is 0. The van der Waals surface area contributed by atoms with Gasteiger partial charge in [0.15, 0.2) is 0 Å². The molecule has 0 spiro atoms. The number of carbonyl (C=O) groups is 1. The summed E-state index contributed by atoms with van der Waals surface area (Å²) in [5.41, 5.74) is 1.77. The number of fused-ring (bicyclic) bond motifs is 1. The largest absolute Gasteiger partial charge is 0.496 e. The van der Waals surface area contributed by atoms with Crippen LogP contribution in [0.1, 0.15) is 22.0 Å². The van der Waals surface area contributed by atoms with E-state index < -0.39 is 0 Å². The molecule has 2 aromatic carbocycles. The quantitative estimate of drug-likeness (QED) is 0.812. The Morgan fingerprint density at radius 3 is 2.74 bits per heavy atom. The van der Waals surface area contributed by atoms with Crippen LogP contribution in [-0.4, -0.2) is 61.7 Å². The number of carbonyl (C=O) groups excluding carboxylic acids is 1. The molecule has 2 aliphatic rings. The number of amides is 1. The van der Waals surface area contributed by atoms with Crippen LogP contribution in [-0.2, 0) is 4.74 Å². The molecular weight excluding hydrogens is 364 g/mol. The van der Waals surface area contributed by atoms with E-state index in [2.05, 4.69) is 29.2 Å². The van der Waals surface area contributed by atoms with Gasteiger partial charge in [-0.2, -0.15) is 0 Å². The third-order valence-corrected chi connectivity index (χ3v) is 5.61. The van der Waals surface area contributed by atoms with Gasteiger partial charge in [0.05, 0.1) is 38.0 Å². The third kappa shape index (κ3) is 3.68. The first-order valence-electron chi connectivity index (χ1n) is 9.18. The lowest BCUT2D eigenvalue weighted by Crippen LogP contribution is -2.60. The monoisotopic (exact) mass is 386 g/mol. The van der Waals surface area contributed by atoms with Gasteiger partial charge in [0.1, 0.15) is 5.75 Å².